The molecule has 0 saturated carbocycles. The first-order valence-corrected chi connectivity index (χ1v) is 15.6. The van der Waals surface area contributed by atoms with Crippen LogP contribution in [0.2, 0.25) is 0 Å². The number of carbonyl (C=O) groups excluding carboxylic acids is 4. The van der Waals surface area contributed by atoms with Crippen molar-refractivity contribution in [1.82, 2.24) is 25.6 Å². The Bertz CT molecular complexity index is 1270. The second-order valence-electron chi connectivity index (χ2n) is 9.82. The average molecular weight is 643 g/mol. The number of aliphatic imine (C=N–C) groups is 1. The van der Waals surface area contributed by atoms with E-state index in [2.05, 4.69) is 20.9 Å². The maximum Gasteiger partial charge on any atom is 0.407 e. The van der Waals surface area contributed by atoms with Gasteiger partial charge in [-0.25, -0.2) is 27.6 Å². The van der Waals surface area contributed by atoms with Gasteiger partial charge in [0.05, 0.1) is 18.7 Å². The number of nitrogens with one attached hydrogen (secondary N) is 4. The van der Waals surface area contributed by atoms with Crippen LogP contribution in [-0.4, -0.2) is 99.7 Å². The zero-order chi connectivity index (χ0) is 32.8. The highest BCUT2D eigenvalue weighted by atomic mass is 32.2. The number of ether oxygens (including phenoxy) is 3. The third kappa shape index (κ3) is 11.2. The summed E-state index contributed by atoms with van der Waals surface area (Å²) in [6, 6.07) is 4.58. The third-order valence-corrected chi connectivity index (χ3v) is 8.37. The number of amides is 3. The lowest BCUT2D eigenvalue weighted by atomic mass is 10.2. The first-order chi connectivity index (χ1) is 20.8. The van der Waals surface area contributed by atoms with Gasteiger partial charge in [0.15, 0.2) is 11.6 Å². The van der Waals surface area contributed by atoms with E-state index in [4.69, 9.17) is 25.7 Å². The van der Waals surface area contributed by atoms with Crippen molar-refractivity contribution in [2.75, 3.05) is 45.9 Å². The average Bonchev–Trinajstić information content (AvgIpc) is 2.97. The summed E-state index contributed by atoms with van der Waals surface area (Å²) in [5.74, 6) is -1.35. The van der Waals surface area contributed by atoms with Crippen molar-refractivity contribution in [3.05, 3.63) is 29.8 Å². The molecule has 0 fully saturated rings. The van der Waals surface area contributed by atoms with E-state index in [0.29, 0.717) is 35.6 Å². The van der Waals surface area contributed by atoms with Crippen LogP contribution in [0, 0.1) is 0 Å². The van der Waals surface area contributed by atoms with Crippen molar-refractivity contribution >= 4 is 40.0 Å². The van der Waals surface area contributed by atoms with Gasteiger partial charge in [-0.3, -0.25) is 4.99 Å². The standard InChI is InChI=1S/C26H42N8O9S/c1-4-5-16-42-25(38)32-13-15-34(44(39,40)18(2)33-23(27)37)26(3,28)22(36)43-21(35)19-7-9-20(10-8-19)41-17-14-31-24-29-11-6-12-30-24/h7-10,18H,4-6,11-17,28H2,1-3H3,(H,32,38)(H3,27,33,37)(H2,29,30,31)/t18?,26-/m0/s1. The Balaban J connectivity index is 2.05. The van der Waals surface area contributed by atoms with Gasteiger partial charge in [0.1, 0.15) is 17.7 Å². The van der Waals surface area contributed by atoms with Crippen LogP contribution >= 0.6 is 0 Å². The fraction of sp³-hybridized carbons (Fsp3) is 0.577. The molecule has 18 heteroatoms. The largest absolute Gasteiger partial charge is 0.492 e. The molecular weight excluding hydrogens is 600 g/mol. The topological polar surface area (TPSA) is 246 Å². The fourth-order valence-corrected chi connectivity index (χ4v) is 5.33. The number of carbonyl (C=O) groups is 4. The van der Waals surface area contributed by atoms with Gasteiger partial charge < -0.3 is 46.9 Å². The lowest BCUT2D eigenvalue weighted by Crippen LogP contribution is -2.65. The number of urea groups is 1. The molecule has 2 atom stereocenters. The molecule has 44 heavy (non-hydrogen) atoms. The number of benzene rings is 1. The van der Waals surface area contributed by atoms with Crippen LogP contribution in [0.4, 0.5) is 9.59 Å². The fourth-order valence-electron chi connectivity index (χ4n) is 3.73. The smallest absolute Gasteiger partial charge is 0.407 e. The maximum absolute atomic E-state index is 13.3. The van der Waals surface area contributed by atoms with Gasteiger partial charge in [0.25, 0.3) is 0 Å². The minimum absolute atomic E-state index is 0.0324. The van der Waals surface area contributed by atoms with Crippen molar-refractivity contribution in [3.63, 3.8) is 0 Å². The number of alkyl carbamates (subject to hydrolysis) is 1. The normalized spacial score (nSPS) is 15.1. The molecule has 17 nitrogen and oxygen atoms in total. The van der Waals surface area contributed by atoms with E-state index in [1.54, 1.807) is 0 Å². The van der Waals surface area contributed by atoms with Crippen molar-refractivity contribution in [2.45, 2.75) is 51.1 Å². The second-order valence-corrected chi connectivity index (χ2v) is 12.0. The summed E-state index contributed by atoms with van der Waals surface area (Å²) in [6.45, 7) is 5.71. The molecule has 0 aliphatic carbocycles. The van der Waals surface area contributed by atoms with Crippen LogP contribution in [0.5, 0.6) is 5.75 Å². The lowest BCUT2D eigenvalue weighted by molar-refractivity contribution is -0.148. The SMILES string of the molecule is CCCCOC(=O)NCCN([C@](C)(N)C(=O)OC(=O)c1ccc(OCCNC2=NCCCN2)cc1)S(=O)(=O)C(C)NC(N)=O. The maximum atomic E-state index is 13.3. The Morgan fingerprint density at radius 1 is 1.16 bits per heavy atom. The number of nitrogens with two attached hydrogens (primary N) is 2. The molecule has 1 aromatic rings. The molecule has 1 aromatic carbocycles. The van der Waals surface area contributed by atoms with E-state index in [-0.39, 0.29) is 18.7 Å². The van der Waals surface area contributed by atoms with Crippen molar-refractivity contribution in [2.24, 2.45) is 16.5 Å². The molecule has 1 heterocycles. The molecule has 1 aliphatic heterocycles. The van der Waals surface area contributed by atoms with E-state index >= 15 is 0 Å². The number of unbranched alkanes of at least 4 members (excludes halogenated alkanes) is 1. The highest BCUT2D eigenvalue weighted by Gasteiger charge is 2.47. The lowest BCUT2D eigenvalue weighted by Gasteiger charge is -2.36. The van der Waals surface area contributed by atoms with E-state index in [9.17, 15) is 27.6 Å². The molecule has 0 saturated heterocycles. The Hall–Kier alpha value is -4.16. The van der Waals surface area contributed by atoms with Gasteiger partial charge in [-0.15, -0.1) is 0 Å². The molecule has 8 N–H and O–H groups in total. The van der Waals surface area contributed by atoms with Gasteiger partial charge >= 0.3 is 24.1 Å². The molecule has 246 valence electrons. The number of sulfonamides is 1. The number of guanidine groups is 1. The number of rotatable bonds is 16. The summed E-state index contributed by atoms with van der Waals surface area (Å²) in [5, 5.41) is 8.99. The summed E-state index contributed by atoms with van der Waals surface area (Å²) < 4.78 is 42.6. The van der Waals surface area contributed by atoms with Crippen molar-refractivity contribution in [1.29, 1.82) is 0 Å². The highest BCUT2D eigenvalue weighted by molar-refractivity contribution is 7.89. The third-order valence-electron chi connectivity index (χ3n) is 6.18. The van der Waals surface area contributed by atoms with Crippen LogP contribution in [0.25, 0.3) is 0 Å². The molecule has 3 amide bonds. The number of esters is 2. The van der Waals surface area contributed by atoms with Crippen LogP contribution in [0.15, 0.2) is 29.3 Å². The van der Waals surface area contributed by atoms with Crippen LogP contribution in [-0.2, 0) is 24.3 Å². The number of nitrogens with zero attached hydrogens (tertiary/aromatic N) is 2. The van der Waals surface area contributed by atoms with Crippen LogP contribution < -0.4 is 37.5 Å². The minimum Gasteiger partial charge on any atom is -0.492 e. The Morgan fingerprint density at radius 2 is 1.86 bits per heavy atom. The molecule has 1 aliphatic rings. The number of hydrogen-bond donors (Lipinski definition) is 6. The molecule has 0 aromatic heterocycles. The predicted molar refractivity (Wildman–Crippen MR) is 160 cm³/mol. The van der Waals surface area contributed by atoms with E-state index in [1.165, 1.54) is 24.3 Å². The zero-order valence-electron chi connectivity index (χ0n) is 25.1. The first-order valence-electron chi connectivity index (χ1n) is 14.1. The molecule has 0 bridgehead atoms. The molecule has 2 rings (SSSR count). The zero-order valence-corrected chi connectivity index (χ0v) is 25.9. The van der Waals surface area contributed by atoms with Gasteiger partial charge in [0.2, 0.25) is 10.0 Å². The summed E-state index contributed by atoms with van der Waals surface area (Å²) in [5.41, 5.74) is 8.72. The van der Waals surface area contributed by atoms with Crippen LogP contribution in [0.1, 0.15) is 50.4 Å². The van der Waals surface area contributed by atoms with E-state index in [0.717, 1.165) is 39.8 Å². The molecule has 0 radical (unpaired) electrons. The van der Waals surface area contributed by atoms with Gasteiger partial charge in [0, 0.05) is 26.2 Å². The Morgan fingerprint density at radius 3 is 2.48 bits per heavy atom. The minimum atomic E-state index is -4.58. The van der Waals surface area contributed by atoms with E-state index < -0.39 is 51.7 Å². The summed E-state index contributed by atoms with van der Waals surface area (Å²) in [6.07, 6.45) is 1.59. The predicted octanol–water partition coefficient (Wildman–Crippen LogP) is -0.465. The Kier molecular flexibility index (Phi) is 14.1. The quantitative estimate of drug-likeness (QED) is 0.0580. The molecule has 0 spiro atoms. The molecule has 1 unspecified atom stereocenters. The monoisotopic (exact) mass is 642 g/mol. The summed E-state index contributed by atoms with van der Waals surface area (Å²) >= 11 is 0. The van der Waals surface area contributed by atoms with Crippen molar-refractivity contribution < 1.29 is 41.8 Å². The number of primary amides is 1. The van der Waals surface area contributed by atoms with Gasteiger partial charge in [-0.05, 0) is 51.0 Å². The van der Waals surface area contributed by atoms with Gasteiger partial charge in [-0.2, -0.15) is 4.31 Å². The number of hydrogen-bond acceptors (Lipinski definition) is 13. The Labute approximate surface area is 256 Å². The highest BCUT2D eigenvalue weighted by Crippen LogP contribution is 2.20. The van der Waals surface area contributed by atoms with Crippen molar-refractivity contribution in [3.8, 4) is 5.75 Å². The second kappa shape index (κ2) is 17.2. The summed E-state index contributed by atoms with van der Waals surface area (Å²) in [4.78, 5) is 53.4. The molecular formula is C26H42N8O9S. The van der Waals surface area contributed by atoms with Gasteiger partial charge in [-0.1, -0.05) is 13.3 Å². The van der Waals surface area contributed by atoms with Crippen LogP contribution in [0.3, 0.4) is 0 Å². The van der Waals surface area contributed by atoms with E-state index in [1.807, 2.05) is 12.2 Å². The summed E-state index contributed by atoms with van der Waals surface area (Å²) in [7, 11) is -4.58. The first kappa shape index (κ1) is 36.0.